The Morgan fingerprint density at radius 3 is 2.65 bits per heavy atom. The molecular formula is C23H42NO6P. The van der Waals surface area contributed by atoms with Gasteiger partial charge in [0.1, 0.15) is 12.2 Å². The van der Waals surface area contributed by atoms with Crippen LogP contribution in [0.1, 0.15) is 65.7 Å². The average molecular weight is 460 g/mol. The molecule has 0 aromatic rings. The molecular weight excluding hydrogens is 417 g/mol. The number of nitrogens with one attached hydrogen (secondary N) is 1. The van der Waals surface area contributed by atoms with E-state index in [-0.39, 0.29) is 29.6 Å². The van der Waals surface area contributed by atoms with Gasteiger partial charge in [-0.05, 0) is 51.9 Å². The van der Waals surface area contributed by atoms with E-state index in [2.05, 4.69) is 20.9 Å². The molecule has 5 unspecified atom stereocenters. The molecule has 2 aliphatic rings. The first-order valence-corrected chi connectivity index (χ1v) is 12.1. The fourth-order valence-electron chi connectivity index (χ4n) is 4.72. The summed E-state index contributed by atoms with van der Waals surface area (Å²) < 4.78 is 22.5. The summed E-state index contributed by atoms with van der Waals surface area (Å²) in [7, 11) is 3.91. The van der Waals surface area contributed by atoms with Crippen molar-refractivity contribution in [1.82, 2.24) is 5.32 Å². The Morgan fingerprint density at radius 1 is 1.32 bits per heavy atom. The molecule has 7 nitrogen and oxygen atoms in total. The second kappa shape index (κ2) is 13.1. The van der Waals surface area contributed by atoms with E-state index in [1.807, 2.05) is 20.8 Å². The Kier molecular flexibility index (Phi) is 11.2. The quantitative estimate of drug-likeness (QED) is 0.187. The second-order valence-corrected chi connectivity index (χ2v) is 9.55. The zero-order valence-electron chi connectivity index (χ0n) is 19.6. The molecule has 180 valence electrons. The molecule has 0 radical (unpaired) electrons. The van der Waals surface area contributed by atoms with Gasteiger partial charge in [0.25, 0.3) is 0 Å². The first-order chi connectivity index (χ1) is 14.8. The largest absolute Gasteiger partial charge is 0.443 e. The minimum absolute atomic E-state index is 0.0245. The van der Waals surface area contributed by atoms with Crippen LogP contribution in [0.25, 0.3) is 0 Å². The number of hydrogen-bond acceptors (Lipinski definition) is 6. The molecule has 0 aromatic carbocycles. The molecule has 2 fully saturated rings. The van der Waals surface area contributed by atoms with Crippen molar-refractivity contribution in [1.29, 1.82) is 0 Å². The van der Waals surface area contributed by atoms with E-state index < -0.39 is 12.2 Å². The molecule has 1 heterocycles. The van der Waals surface area contributed by atoms with E-state index in [9.17, 15) is 9.90 Å². The average Bonchev–Trinajstić information content (AvgIpc) is 3.51. The van der Waals surface area contributed by atoms with E-state index in [0.29, 0.717) is 26.0 Å². The number of amides is 1. The maximum atomic E-state index is 12.4. The third-order valence-corrected chi connectivity index (χ3v) is 6.86. The monoisotopic (exact) mass is 459 g/mol. The van der Waals surface area contributed by atoms with Crippen LogP contribution in [-0.4, -0.2) is 62.0 Å². The maximum absolute atomic E-state index is 12.4. The molecule has 1 aliphatic carbocycles. The van der Waals surface area contributed by atoms with Crippen LogP contribution in [0.2, 0.25) is 0 Å². The summed E-state index contributed by atoms with van der Waals surface area (Å²) in [6.45, 7) is 8.13. The molecule has 7 atom stereocenters. The minimum atomic E-state index is -0.497. The van der Waals surface area contributed by atoms with Crippen LogP contribution in [-0.2, 0) is 18.7 Å². The highest BCUT2D eigenvalue weighted by molar-refractivity contribution is 7.09. The predicted molar refractivity (Wildman–Crippen MR) is 124 cm³/mol. The zero-order valence-corrected chi connectivity index (χ0v) is 20.8. The summed E-state index contributed by atoms with van der Waals surface area (Å²) in [5, 5.41) is 13.7. The number of aliphatic hydroxyl groups is 1. The molecule has 1 spiro atoms. The van der Waals surface area contributed by atoms with Crippen molar-refractivity contribution < 1.29 is 28.6 Å². The SMILES string of the molecule is COC1C(OC(=O)NCCCCCCOP)CC[C@]2(CO2)C1C(C)[C@H](O)CC=C(C)C. The number of hydrogen-bond donors (Lipinski definition) is 2. The van der Waals surface area contributed by atoms with E-state index in [0.717, 1.165) is 38.7 Å². The lowest BCUT2D eigenvalue weighted by molar-refractivity contribution is -0.126. The van der Waals surface area contributed by atoms with E-state index in [1.165, 1.54) is 5.57 Å². The highest BCUT2D eigenvalue weighted by Crippen LogP contribution is 2.51. The second-order valence-electron chi connectivity index (χ2n) is 9.22. The molecule has 1 saturated heterocycles. The molecule has 0 bridgehead atoms. The number of allylic oxidation sites excluding steroid dienone is 1. The third-order valence-electron chi connectivity index (χ3n) is 6.62. The van der Waals surface area contributed by atoms with Crippen molar-refractivity contribution >= 4 is 15.6 Å². The first-order valence-electron chi connectivity index (χ1n) is 11.6. The Labute approximate surface area is 189 Å². The predicted octanol–water partition coefficient (Wildman–Crippen LogP) is 4.00. The van der Waals surface area contributed by atoms with Gasteiger partial charge in [-0.25, -0.2) is 4.79 Å². The highest BCUT2D eigenvalue weighted by Gasteiger charge is 2.61. The van der Waals surface area contributed by atoms with Crippen molar-refractivity contribution in [3.8, 4) is 0 Å². The molecule has 8 heteroatoms. The molecule has 1 aliphatic heterocycles. The van der Waals surface area contributed by atoms with Gasteiger partial charge in [-0.1, -0.05) is 31.4 Å². The summed E-state index contributed by atoms with van der Waals surface area (Å²) in [5.41, 5.74) is 0.925. The lowest BCUT2D eigenvalue weighted by Crippen LogP contribution is -2.54. The first kappa shape index (κ1) is 26.5. The normalized spacial score (nSPS) is 29.3. The molecule has 2 N–H and O–H groups in total. The van der Waals surface area contributed by atoms with Crippen LogP contribution in [0.3, 0.4) is 0 Å². The third kappa shape index (κ3) is 7.97. The van der Waals surface area contributed by atoms with Crippen molar-refractivity contribution in [3.63, 3.8) is 0 Å². The van der Waals surface area contributed by atoms with Crippen LogP contribution >= 0.6 is 9.47 Å². The van der Waals surface area contributed by atoms with Gasteiger partial charge in [-0.15, -0.1) is 0 Å². The number of rotatable bonds is 13. The number of carbonyl (C=O) groups excluding carboxylic acids is 1. The topological polar surface area (TPSA) is 89.6 Å². The van der Waals surface area contributed by atoms with Crippen molar-refractivity contribution in [2.24, 2.45) is 11.8 Å². The lowest BCUT2D eigenvalue weighted by Gasteiger charge is -2.44. The fourth-order valence-corrected chi connectivity index (χ4v) is 4.89. The van der Waals surface area contributed by atoms with Gasteiger partial charge in [0.15, 0.2) is 0 Å². The van der Waals surface area contributed by atoms with Crippen molar-refractivity contribution in [2.75, 3.05) is 26.9 Å². The molecule has 1 saturated carbocycles. The number of aliphatic hydroxyl groups excluding tert-OH is 1. The smallest absolute Gasteiger partial charge is 0.407 e. The van der Waals surface area contributed by atoms with E-state index in [1.54, 1.807) is 7.11 Å². The summed E-state index contributed by atoms with van der Waals surface area (Å²) >= 11 is 0. The van der Waals surface area contributed by atoms with Gasteiger partial charge in [-0.3, -0.25) is 0 Å². The van der Waals surface area contributed by atoms with Gasteiger partial charge in [-0.2, -0.15) is 0 Å². The summed E-state index contributed by atoms with van der Waals surface area (Å²) in [4.78, 5) is 12.4. The standard InChI is InChI=1S/C23H42NO6P/c1-16(2)9-10-18(25)17(3)20-21(27-4)19(11-12-23(20)15-28-23)30-22(26)24-13-7-5-6-8-14-29-31/h9,17-21,25H,5-8,10-15,31H2,1-4H3,(H,24,26)/t17?,18-,19?,20?,21?,23+/m1/s1. The molecule has 0 aromatic heterocycles. The van der Waals surface area contributed by atoms with Crippen LogP contribution in [0.4, 0.5) is 4.79 Å². The van der Waals surface area contributed by atoms with Crippen LogP contribution in [0.15, 0.2) is 11.6 Å². The van der Waals surface area contributed by atoms with Gasteiger partial charge in [0.05, 0.1) is 24.9 Å². The summed E-state index contributed by atoms with van der Waals surface area (Å²) in [6.07, 6.45) is 6.69. The van der Waals surface area contributed by atoms with E-state index in [4.69, 9.17) is 18.7 Å². The number of epoxide rings is 1. The molecule has 31 heavy (non-hydrogen) atoms. The highest BCUT2D eigenvalue weighted by atomic mass is 31.0. The molecule has 1 amide bonds. The number of ether oxygens (including phenoxy) is 3. The van der Waals surface area contributed by atoms with E-state index >= 15 is 0 Å². The number of unbranched alkanes of at least 4 members (excludes halogenated alkanes) is 3. The van der Waals surface area contributed by atoms with Gasteiger partial charge >= 0.3 is 6.09 Å². The Bertz CT molecular complexity index is 578. The lowest BCUT2D eigenvalue weighted by atomic mass is 9.68. The number of carbonyl (C=O) groups is 1. The van der Waals surface area contributed by atoms with Crippen LogP contribution in [0.5, 0.6) is 0 Å². The summed E-state index contributed by atoms with van der Waals surface area (Å²) in [6, 6.07) is 0. The number of methoxy groups -OCH3 is 1. The maximum Gasteiger partial charge on any atom is 0.407 e. The van der Waals surface area contributed by atoms with Crippen LogP contribution in [0, 0.1) is 11.8 Å². The van der Waals surface area contributed by atoms with Gasteiger partial charge < -0.3 is 29.2 Å². The zero-order chi connectivity index (χ0) is 22.9. The van der Waals surface area contributed by atoms with Gasteiger partial charge in [0.2, 0.25) is 0 Å². The van der Waals surface area contributed by atoms with Crippen LogP contribution < -0.4 is 5.32 Å². The Morgan fingerprint density at radius 2 is 2.03 bits per heavy atom. The van der Waals surface area contributed by atoms with Crippen molar-refractivity contribution in [2.45, 2.75) is 89.6 Å². The van der Waals surface area contributed by atoms with Crippen molar-refractivity contribution in [3.05, 3.63) is 11.6 Å². The minimum Gasteiger partial charge on any atom is -0.443 e. The van der Waals surface area contributed by atoms with Gasteiger partial charge in [0, 0.05) is 29.0 Å². The summed E-state index contributed by atoms with van der Waals surface area (Å²) in [5.74, 6) is -0.0634. The fraction of sp³-hybridized carbons (Fsp3) is 0.870. The number of alkyl carbamates (subject to hydrolysis) is 1. The Hall–Kier alpha value is -0.720. The molecule has 2 rings (SSSR count). The Balaban J connectivity index is 1.88.